The van der Waals surface area contributed by atoms with Crippen molar-refractivity contribution in [3.05, 3.63) is 52.2 Å². The molecule has 5 rings (SSSR count). The average molecular weight is 441 g/mol. The van der Waals surface area contributed by atoms with Crippen molar-refractivity contribution in [2.45, 2.75) is 19.6 Å². The summed E-state index contributed by atoms with van der Waals surface area (Å²) in [6.07, 6.45) is 1.97. The second kappa shape index (κ2) is 8.70. The lowest BCUT2D eigenvalue weighted by Crippen LogP contribution is -2.41. The first-order valence-corrected chi connectivity index (χ1v) is 11.6. The van der Waals surface area contributed by atoms with Gasteiger partial charge in [0.05, 0.1) is 36.5 Å². The number of fused-ring (bicyclic) bond motifs is 1. The number of amides is 1. The third kappa shape index (κ3) is 4.13. The van der Waals surface area contributed by atoms with Crippen molar-refractivity contribution in [2.24, 2.45) is 7.05 Å². The molecule has 1 amide bonds. The normalized spacial score (nSPS) is 20.5. The Labute approximate surface area is 186 Å². The zero-order valence-corrected chi connectivity index (χ0v) is 18.9. The lowest BCUT2D eigenvalue weighted by Gasteiger charge is -2.34. The van der Waals surface area contributed by atoms with Crippen LogP contribution in [-0.2, 0) is 23.1 Å². The van der Waals surface area contributed by atoms with Gasteiger partial charge >= 0.3 is 0 Å². The zero-order valence-electron chi connectivity index (χ0n) is 18.0. The van der Waals surface area contributed by atoms with Crippen LogP contribution in [0.3, 0.4) is 0 Å². The van der Waals surface area contributed by atoms with E-state index in [9.17, 15) is 4.79 Å². The first-order chi connectivity index (χ1) is 15.1. The fourth-order valence-electron chi connectivity index (χ4n) is 4.52. The van der Waals surface area contributed by atoms with Gasteiger partial charge in [0.2, 0.25) is 0 Å². The Hall–Kier alpha value is -2.26. The highest BCUT2D eigenvalue weighted by atomic mass is 32.1. The van der Waals surface area contributed by atoms with Crippen LogP contribution in [0.1, 0.15) is 32.6 Å². The number of carbonyl (C=O) groups excluding carboxylic acids is 1. The number of nitrogens with zero attached hydrogens (tertiary/aromatic N) is 4. The van der Waals surface area contributed by atoms with Crippen molar-refractivity contribution in [3.63, 3.8) is 0 Å². The fraction of sp³-hybridized carbons (Fsp3) is 0.478. The SMILES string of the molecule is Cc1nn(C)cc1CN1CCOC(c2c(C(=O)N3CCOCC3)sc3ccccc23)C1. The van der Waals surface area contributed by atoms with Gasteiger partial charge < -0.3 is 14.4 Å². The largest absolute Gasteiger partial charge is 0.378 e. The molecule has 1 aromatic carbocycles. The van der Waals surface area contributed by atoms with E-state index >= 15 is 0 Å². The van der Waals surface area contributed by atoms with E-state index in [0.29, 0.717) is 32.9 Å². The molecule has 1 unspecified atom stereocenters. The molecule has 31 heavy (non-hydrogen) atoms. The minimum atomic E-state index is -0.123. The summed E-state index contributed by atoms with van der Waals surface area (Å²) in [5, 5.41) is 5.61. The Morgan fingerprint density at radius 2 is 2.00 bits per heavy atom. The van der Waals surface area contributed by atoms with Gasteiger partial charge in [-0.2, -0.15) is 5.10 Å². The first-order valence-electron chi connectivity index (χ1n) is 10.8. The molecule has 1 atom stereocenters. The Morgan fingerprint density at radius 3 is 2.77 bits per heavy atom. The van der Waals surface area contributed by atoms with E-state index in [-0.39, 0.29) is 12.0 Å². The smallest absolute Gasteiger partial charge is 0.264 e. The van der Waals surface area contributed by atoms with Crippen LogP contribution in [0, 0.1) is 6.92 Å². The molecule has 3 aromatic rings. The van der Waals surface area contributed by atoms with Crippen LogP contribution in [0.5, 0.6) is 0 Å². The van der Waals surface area contributed by atoms with Crippen LogP contribution in [0.15, 0.2) is 30.5 Å². The van der Waals surface area contributed by atoms with Crippen LogP contribution >= 0.6 is 11.3 Å². The molecule has 0 spiro atoms. The molecule has 0 saturated carbocycles. The second-order valence-corrected chi connectivity index (χ2v) is 9.31. The summed E-state index contributed by atoms with van der Waals surface area (Å²) in [5.41, 5.74) is 3.35. The molecule has 8 heteroatoms. The Kier molecular flexibility index (Phi) is 5.79. The van der Waals surface area contributed by atoms with Crippen molar-refractivity contribution in [1.82, 2.24) is 19.6 Å². The highest BCUT2D eigenvalue weighted by Gasteiger charge is 2.32. The van der Waals surface area contributed by atoms with Crippen molar-refractivity contribution in [2.75, 3.05) is 46.0 Å². The summed E-state index contributed by atoms with van der Waals surface area (Å²) < 4.78 is 14.7. The molecule has 0 aliphatic carbocycles. The number of ether oxygens (including phenoxy) is 2. The second-order valence-electron chi connectivity index (χ2n) is 8.25. The van der Waals surface area contributed by atoms with E-state index in [1.807, 2.05) is 28.8 Å². The molecular weight excluding hydrogens is 412 g/mol. The van der Waals surface area contributed by atoms with Gasteiger partial charge in [-0.25, -0.2) is 0 Å². The van der Waals surface area contributed by atoms with Crippen LogP contribution in [0.2, 0.25) is 0 Å². The maximum absolute atomic E-state index is 13.5. The van der Waals surface area contributed by atoms with Gasteiger partial charge in [-0.05, 0) is 18.4 Å². The zero-order chi connectivity index (χ0) is 21.4. The van der Waals surface area contributed by atoms with E-state index in [0.717, 1.165) is 45.9 Å². The monoisotopic (exact) mass is 440 g/mol. The molecule has 2 aliphatic rings. The van der Waals surface area contributed by atoms with E-state index in [2.05, 4.69) is 35.3 Å². The molecule has 2 aromatic heterocycles. The topological polar surface area (TPSA) is 59.8 Å². The van der Waals surface area contributed by atoms with Gasteiger partial charge in [-0.1, -0.05) is 18.2 Å². The molecule has 0 N–H and O–H groups in total. The maximum atomic E-state index is 13.5. The summed E-state index contributed by atoms with van der Waals surface area (Å²) in [4.78, 5) is 18.6. The van der Waals surface area contributed by atoms with Crippen molar-refractivity contribution in [3.8, 4) is 0 Å². The lowest BCUT2D eigenvalue weighted by molar-refractivity contribution is -0.0325. The minimum Gasteiger partial charge on any atom is -0.378 e. The molecule has 0 radical (unpaired) electrons. The molecule has 4 heterocycles. The standard InChI is InChI=1S/C23H28N4O3S/c1-16-17(13-25(2)24-16)14-26-7-12-30-19(15-26)21-18-5-3-4-6-20(18)31-22(21)23(28)27-8-10-29-11-9-27/h3-6,13,19H,7-12,14-15H2,1-2H3. The van der Waals surface area contributed by atoms with E-state index in [1.54, 1.807) is 11.3 Å². The van der Waals surface area contributed by atoms with E-state index < -0.39 is 0 Å². The number of hydrogen-bond acceptors (Lipinski definition) is 6. The number of hydrogen-bond donors (Lipinski definition) is 0. The number of aromatic nitrogens is 2. The van der Waals surface area contributed by atoms with Gasteiger partial charge in [-0.3, -0.25) is 14.4 Å². The molecular formula is C23H28N4O3S. The van der Waals surface area contributed by atoms with Crippen molar-refractivity contribution < 1.29 is 14.3 Å². The number of morpholine rings is 2. The van der Waals surface area contributed by atoms with Gasteiger partial charge in [0, 0.05) is 61.8 Å². The van der Waals surface area contributed by atoms with Crippen molar-refractivity contribution >= 4 is 27.3 Å². The van der Waals surface area contributed by atoms with Crippen LogP contribution in [0.25, 0.3) is 10.1 Å². The number of thiophene rings is 1. The lowest BCUT2D eigenvalue weighted by atomic mass is 10.0. The predicted octanol–water partition coefficient (Wildman–Crippen LogP) is 2.99. The van der Waals surface area contributed by atoms with Crippen molar-refractivity contribution in [1.29, 1.82) is 0 Å². The molecule has 7 nitrogen and oxygen atoms in total. The van der Waals surface area contributed by atoms with E-state index in [1.165, 1.54) is 5.56 Å². The van der Waals surface area contributed by atoms with E-state index in [4.69, 9.17) is 9.47 Å². The summed E-state index contributed by atoms with van der Waals surface area (Å²) >= 11 is 1.59. The maximum Gasteiger partial charge on any atom is 0.264 e. The van der Waals surface area contributed by atoms with Crippen LogP contribution in [-0.4, -0.2) is 71.5 Å². The highest BCUT2D eigenvalue weighted by molar-refractivity contribution is 7.21. The van der Waals surface area contributed by atoms with Gasteiger partial charge in [-0.15, -0.1) is 11.3 Å². The Bertz CT molecular complexity index is 1090. The number of rotatable bonds is 4. The molecule has 0 bridgehead atoms. The summed E-state index contributed by atoms with van der Waals surface area (Å²) in [6, 6.07) is 8.29. The fourth-order valence-corrected chi connectivity index (χ4v) is 5.74. The molecule has 2 saturated heterocycles. The summed E-state index contributed by atoms with van der Waals surface area (Å²) in [5.74, 6) is 0.100. The Morgan fingerprint density at radius 1 is 1.19 bits per heavy atom. The quantitative estimate of drug-likeness (QED) is 0.624. The third-order valence-electron chi connectivity index (χ3n) is 6.11. The Balaban J connectivity index is 1.45. The number of benzene rings is 1. The predicted molar refractivity (Wildman–Crippen MR) is 120 cm³/mol. The molecule has 2 fully saturated rings. The minimum absolute atomic E-state index is 0.100. The van der Waals surface area contributed by atoms with Crippen LogP contribution < -0.4 is 0 Å². The van der Waals surface area contributed by atoms with Gasteiger partial charge in [0.25, 0.3) is 5.91 Å². The first kappa shape index (κ1) is 20.6. The molecule has 164 valence electrons. The third-order valence-corrected chi connectivity index (χ3v) is 7.28. The van der Waals surface area contributed by atoms with Gasteiger partial charge in [0.1, 0.15) is 0 Å². The van der Waals surface area contributed by atoms with Gasteiger partial charge in [0.15, 0.2) is 0 Å². The number of carbonyl (C=O) groups is 1. The number of aryl methyl sites for hydroxylation is 2. The molecule has 2 aliphatic heterocycles. The summed E-state index contributed by atoms with van der Waals surface area (Å²) in [7, 11) is 1.96. The van der Waals surface area contributed by atoms with Crippen LogP contribution in [0.4, 0.5) is 0 Å². The summed E-state index contributed by atoms with van der Waals surface area (Å²) in [6.45, 7) is 7.67. The highest BCUT2D eigenvalue weighted by Crippen LogP contribution is 2.39. The average Bonchev–Trinajstić information content (AvgIpc) is 3.33.